The number of rotatable bonds is 15. The third-order valence-corrected chi connectivity index (χ3v) is 14.4. The van der Waals surface area contributed by atoms with E-state index < -0.39 is 36.4 Å². The van der Waals surface area contributed by atoms with Gasteiger partial charge in [-0.1, -0.05) is 42.3 Å². The summed E-state index contributed by atoms with van der Waals surface area (Å²) in [5, 5.41) is 46.4. The Morgan fingerprint density at radius 1 is 1.03 bits per heavy atom. The number of anilines is 1. The summed E-state index contributed by atoms with van der Waals surface area (Å²) in [4.78, 5) is 12.6. The fourth-order valence-corrected chi connectivity index (χ4v) is 11.6. The molecule has 2 aliphatic carbocycles. The molecule has 67 heavy (non-hydrogen) atoms. The summed E-state index contributed by atoms with van der Waals surface area (Å²) in [6.45, 7) is 4.90. The highest BCUT2D eigenvalue weighted by Crippen LogP contribution is 2.63. The Morgan fingerprint density at radius 3 is 2.63 bits per heavy atom. The first kappa shape index (κ1) is 46.0. The molecular weight excluding hydrogens is 847 g/mol. The number of aryl methyl sites for hydroxylation is 1. The lowest BCUT2D eigenvalue weighted by atomic mass is 9.64. The Bertz CT molecular complexity index is 2650. The predicted molar refractivity (Wildman–Crippen MR) is 258 cm³/mol. The van der Waals surface area contributed by atoms with E-state index in [0.717, 1.165) is 100 Å². The average Bonchev–Trinajstić information content (AvgIpc) is 3.89. The summed E-state index contributed by atoms with van der Waals surface area (Å²) in [5.41, 5.74) is 16.6. The van der Waals surface area contributed by atoms with Gasteiger partial charge in [-0.25, -0.2) is 0 Å². The third-order valence-electron chi connectivity index (χ3n) is 14.4. The first-order valence-electron chi connectivity index (χ1n) is 23.7. The number of phenolic OH excluding ortho intramolecular Hbond substituents is 2. The van der Waals surface area contributed by atoms with Crippen LogP contribution in [-0.2, 0) is 34.2 Å². The van der Waals surface area contributed by atoms with Crippen LogP contribution in [0.25, 0.3) is 11.1 Å². The van der Waals surface area contributed by atoms with Crippen LogP contribution in [0, 0.1) is 23.7 Å². The van der Waals surface area contributed by atoms with Gasteiger partial charge in [-0.3, -0.25) is 4.79 Å². The number of nitrogens with one attached hydrogen (secondary N) is 4. The first-order valence-corrected chi connectivity index (χ1v) is 23.7. The highest BCUT2D eigenvalue weighted by atomic mass is 16.6. The van der Waals surface area contributed by atoms with Gasteiger partial charge in [0.15, 0.2) is 18.3 Å². The minimum atomic E-state index is -0.662. The number of likely N-dealkylation sites (N-methyl/N-ethyl adjacent to an activating group) is 2. The molecule has 1 fully saturated rings. The van der Waals surface area contributed by atoms with Crippen molar-refractivity contribution in [1.29, 1.82) is 0 Å². The Hall–Kier alpha value is -6.17. The van der Waals surface area contributed by atoms with E-state index in [0.29, 0.717) is 31.0 Å². The van der Waals surface area contributed by atoms with Crippen LogP contribution in [0.3, 0.4) is 0 Å². The van der Waals surface area contributed by atoms with E-state index in [1.54, 1.807) is 12.1 Å². The van der Waals surface area contributed by atoms with Crippen molar-refractivity contribution in [1.82, 2.24) is 16.0 Å². The average molecular weight is 910 g/mol. The monoisotopic (exact) mass is 909 g/mol. The Balaban J connectivity index is 1.27. The number of allylic oxidation sites excluding steroid dienone is 3. The van der Waals surface area contributed by atoms with Crippen molar-refractivity contribution in [2.45, 2.75) is 88.5 Å². The Morgan fingerprint density at radius 2 is 1.85 bits per heavy atom. The van der Waals surface area contributed by atoms with Crippen molar-refractivity contribution in [3.05, 3.63) is 117 Å². The molecule has 0 radical (unpaired) electrons. The van der Waals surface area contributed by atoms with Gasteiger partial charge in [-0.15, -0.1) is 0 Å². The molecule has 4 aromatic carbocycles. The van der Waals surface area contributed by atoms with Gasteiger partial charge in [0.2, 0.25) is 0 Å². The molecule has 1 saturated carbocycles. The molecular formula is C54H63N5O8. The quantitative estimate of drug-likeness (QED) is 0.0363. The zero-order valence-corrected chi connectivity index (χ0v) is 38.8. The van der Waals surface area contributed by atoms with Gasteiger partial charge in [-0.05, 0) is 135 Å². The number of hydrogen-bond donors (Lipinski definition) is 8. The molecule has 6 atom stereocenters. The number of hydrogen-bond acceptors (Lipinski definition) is 13. The van der Waals surface area contributed by atoms with Gasteiger partial charge >= 0.3 is 5.97 Å². The zero-order valence-electron chi connectivity index (χ0n) is 38.8. The van der Waals surface area contributed by atoms with Gasteiger partial charge in [0.05, 0.1) is 17.8 Å². The number of ether oxygens (including phenoxy) is 4. The maximum Gasteiger partial charge on any atom is 0.302 e. The zero-order chi connectivity index (χ0) is 46.8. The lowest BCUT2D eigenvalue weighted by Gasteiger charge is -2.40. The number of phenols is 2. The molecule has 0 aromatic heterocycles. The van der Waals surface area contributed by atoms with E-state index in [2.05, 4.69) is 82.5 Å². The summed E-state index contributed by atoms with van der Waals surface area (Å²) >= 11 is 0. The largest absolute Gasteiger partial charge is 0.508 e. The van der Waals surface area contributed by atoms with Crippen LogP contribution in [0.5, 0.6) is 28.7 Å². The minimum absolute atomic E-state index is 0.0220. The molecule has 0 amide bonds. The standard InChI is InChI=1S/C54H63N5O8/c1-5-58-44-11-7-6-9-32(44)13-14-38-34-19-20-54(25-34)26-35-21-36(62)23-48(65-30-60)50(35)41-16-15-40-43(29-64-31(2)61)52(67-53(40)51(41)54)42-24-47(66-37(27-56-3)28-57-4)46(63)22-33(42)10-8-12-45-39(38)17-18-49(55)59-45/h6-7,9,11,15-18,21-24,34,37-38,43,49,52,56-60,62-63H,5,10,13-14,19-20,25-30,55H2,1-4H3/t34-,38-,43+,49?,52-,54+/m1/s1. The number of carbonyl (C=O) groups excluding carboxylic acids is 1. The van der Waals surface area contributed by atoms with Crippen LogP contribution >= 0.6 is 0 Å². The molecule has 4 bridgehead atoms. The molecule has 0 saturated heterocycles. The number of aliphatic hydroxyl groups is 1. The van der Waals surface area contributed by atoms with Crippen molar-refractivity contribution >= 4 is 11.7 Å². The highest BCUT2D eigenvalue weighted by molar-refractivity contribution is 5.84. The molecule has 352 valence electrons. The second kappa shape index (κ2) is 19.6. The summed E-state index contributed by atoms with van der Waals surface area (Å²) in [5.74, 6) is 7.96. The maximum absolute atomic E-state index is 12.6. The summed E-state index contributed by atoms with van der Waals surface area (Å²) in [6.07, 6.45) is 7.95. The smallest absolute Gasteiger partial charge is 0.302 e. The molecule has 3 aliphatic heterocycles. The van der Waals surface area contributed by atoms with E-state index in [4.69, 9.17) is 24.7 Å². The topological polar surface area (TPSA) is 189 Å². The SMILES string of the molecule is CCNc1ccccc1CC[C@H]1C2=C(C#CCc3cc(O)c(OC(CNC)CNC)cc3[C@H]3Oc4c(ccc5c4[C@]4(CC[C@@H]1C4)Cc1cc(O)cc(OCO)c1-5)[C@@H]3COC(C)=O)NC(N)C=C2. The molecule has 9 N–H and O–H groups in total. The molecule has 1 unspecified atom stereocenters. The van der Waals surface area contributed by atoms with Crippen LogP contribution in [0.2, 0.25) is 0 Å². The second-order valence-electron chi connectivity index (χ2n) is 18.6. The van der Waals surface area contributed by atoms with E-state index in [1.807, 2.05) is 32.3 Å². The predicted octanol–water partition coefficient (Wildman–Crippen LogP) is 6.59. The van der Waals surface area contributed by atoms with Crippen LogP contribution < -0.4 is 41.2 Å². The van der Waals surface area contributed by atoms with Crippen molar-refractivity contribution in [3.63, 3.8) is 0 Å². The number of aliphatic hydroxyl groups excluding tert-OH is 1. The van der Waals surface area contributed by atoms with Gasteiger partial charge < -0.3 is 61.3 Å². The fraction of sp³-hybridized carbons (Fsp3) is 0.426. The van der Waals surface area contributed by atoms with E-state index in [1.165, 1.54) is 12.5 Å². The maximum atomic E-state index is 12.6. The summed E-state index contributed by atoms with van der Waals surface area (Å²) < 4.78 is 25.7. The van der Waals surface area contributed by atoms with Crippen molar-refractivity contribution in [2.75, 3.05) is 52.4 Å². The fourth-order valence-electron chi connectivity index (χ4n) is 11.6. The van der Waals surface area contributed by atoms with E-state index in [9.17, 15) is 20.1 Å². The molecule has 9 rings (SSSR count). The summed E-state index contributed by atoms with van der Waals surface area (Å²) in [7, 11) is 3.72. The minimum Gasteiger partial charge on any atom is -0.508 e. The Kier molecular flexibility index (Phi) is 13.4. The second-order valence-corrected chi connectivity index (χ2v) is 18.6. The van der Waals surface area contributed by atoms with Crippen molar-refractivity contribution in [3.8, 4) is 51.7 Å². The molecule has 4 aromatic rings. The number of aromatic hydroxyl groups is 2. The van der Waals surface area contributed by atoms with Crippen LogP contribution in [0.1, 0.15) is 84.9 Å². The number of nitrogens with two attached hydrogens (primary N) is 1. The van der Waals surface area contributed by atoms with Crippen molar-refractivity contribution in [2.24, 2.45) is 17.6 Å². The van der Waals surface area contributed by atoms with Crippen LogP contribution in [0.4, 0.5) is 5.69 Å². The van der Waals surface area contributed by atoms with Gasteiger partial charge in [0.1, 0.15) is 36.1 Å². The Labute approximate surface area is 393 Å². The molecule has 1 spiro atoms. The first-order chi connectivity index (χ1) is 32.5. The normalized spacial score (nSPS) is 23.1. The van der Waals surface area contributed by atoms with E-state index >= 15 is 0 Å². The molecule has 13 heteroatoms. The van der Waals surface area contributed by atoms with E-state index in [-0.39, 0.29) is 42.5 Å². The van der Waals surface area contributed by atoms with Crippen LogP contribution in [0.15, 0.2) is 84.1 Å². The van der Waals surface area contributed by atoms with Gasteiger partial charge in [-0.2, -0.15) is 0 Å². The molecule has 3 heterocycles. The van der Waals surface area contributed by atoms with Crippen molar-refractivity contribution < 1.29 is 39.1 Å². The summed E-state index contributed by atoms with van der Waals surface area (Å²) in [6, 6.07) is 19.7. The highest BCUT2D eigenvalue weighted by Gasteiger charge is 2.52. The number of esters is 1. The van der Waals surface area contributed by atoms with Gasteiger partial charge in [0.25, 0.3) is 0 Å². The molecule has 13 nitrogen and oxygen atoms in total. The third kappa shape index (κ3) is 9.03. The lowest BCUT2D eigenvalue weighted by Crippen LogP contribution is -2.38. The van der Waals surface area contributed by atoms with Gasteiger partial charge in [0, 0.05) is 72.4 Å². The number of para-hydroxylation sites is 1. The number of carbonyl (C=O) groups is 1. The molecule has 5 aliphatic rings. The number of fused-ring (bicyclic) bond motifs is 6. The number of benzene rings is 4. The lowest BCUT2D eigenvalue weighted by molar-refractivity contribution is -0.141. The number of dihydropyridines is 1. The van der Waals surface area contributed by atoms with Crippen LogP contribution in [-0.4, -0.2) is 80.7 Å².